The first-order valence-electron chi connectivity index (χ1n) is 3.60. The molecule has 9 heavy (non-hydrogen) atoms. The van der Waals surface area contributed by atoms with Crippen molar-refractivity contribution in [1.82, 2.24) is 0 Å². The van der Waals surface area contributed by atoms with Crippen molar-refractivity contribution in [2.45, 2.75) is 39.3 Å². The van der Waals surface area contributed by atoms with Crippen LogP contribution in [0.1, 0.15) is 33.1 Å². The number of hydrogen-bond acceptors (Lipinski definition) is 2. The molecule has 0 unspecified atom stereocenters. The highest BCUT2D eigenvalue weighted by atomic mass is 16.3. The summed E-state index contributed by atoms with van der Waals surface area (Å²) in [5.74, 6) is 0.565. The topological polar surface area (TPSA) is 46.2 Å². The summed E-state index contributed by atoms with van der Waals surface area (Å²) in [6, 6.07) is 0. The lowest BCUT2D eigenvalue weighted by Crippen LogP contribution is -2.21. The van der Waals surface area contributed by atoms with E-state index in [1.807, 2.05) is 0 Å². The van der Waals surface area contributed by atoms with Crippen molar-refractivity contribution in [3.05, 3.63) is 0 Å². The minimum Gasteiger partial charge on any atom is -0.379 e. The van der Waals surface area contributed by atoms with E-state index in [1.54, 1.807) is 0 Å². The van der Waals surface area contributed by atoms with Crippen LogP contribution in [-0.2, 0) is 0 Å². The van der Waals surface area contributed by atoms with Gasteiger partial charge in [-0.05, 0) is 12.3 Å². The third-order valence-electron chi connectivity index (χ3n) is 1.43. The molecule has 0 bridgehead atoms. The minimum absolute atomic E-state index is 0.565. The maximum absolute atomic E-state index is 8.73. The lowest BCUT2D eigenvalue weighted by molar-refractivity contribution is 0.150. The molecule has 0 aromatic heterocycles. The average molecular weight is 131 g/mol. The summed E-state index contributed by atoms with van der Waals surface area (Å²) in [5, 5.41) is 8.73. The van der Waals surface area contributed by atoms with Gasteiger partial charge in [0.2, 0.25) is 0 Å². The SMILES string of the molecule is CCC[C@@H](C)C[C@@H](N)O. The van der Waals surface area contributed by atoms with Crippen LogP contribution in [0.15, 0.2) is 0 Å². The maximum atomic E-state index is 8.73. The molecule has 0 saturated heterocycles. The standard InChI is InChI=1S/C7H17NO/c1-3-4-6(2)5-7(8)9/h6-7,9H,3-5,8H2,1-2H3/t6-,7+/m1/s1. The van der Waals surface area contributed by atoms with Gasteiger partial charge < -0.3 is 10.8 Å². The highest BCUT2D eigenvalue weighted by Gasteiger charge is 2.03. The van der Waals surface area contributed by atoms with Gasteiger partial charge in [0.1, 0.15) is 6.23 Å². The van der Waals surface area contributed by atoms with Gasteiger partial charge >= 0.3 is 0 Å². The van der Waals surface area contributed by atoms with E-state index in [4.69, 9.17) is 10.8 Å². The van der Waals surface area contributed by atoms with Crippen LogP contribution in [0.4, 0.5) is 0 Å². The molecule has 0 aliphatic heterocycles. The Morgan fingerprint density at radius 3 is 2.44 bits per heavy atom. The van der Waals surface area contributed by atoms with Crippen molar-refractivity contribution in [3.8, 4) is 0 Å². The van der Waals surface area contributed by atoms with Crippen molar-refractivity contribution >= 4 is 0 Å². The van der Waals surface area contributed by atoms with Crippen LogP contribution in [-0.4, -0.2) is 11.3 Å². The molecule has 0 radical (unpaired) electrons. The summed E-state index contributed by atoms with van der Waals surface area (Å²) in [7, 11) is 0. The Balaban J connectivity index is 3.15. The molecule has 0 aromatic rings. The predicted molar refractivity (Wildman–Crippen MR) is 38.9 cm³/mol. The third kappa shape index (κ3) is 5.80. The van der Waals surface area contributed by atoms with E-state index in [9.17, 15) is 0 Å². The van der Waals surface area contributed by atoms with E-state index in [-0.39, 0.29) is 0 Å². The summed E-state index contributed by atoms with van der Waals surface area (Å²) in [5.41, 5.74) is 5.18. The largest absolute Gasteiger partial charge is 0.379 e. The molecule has 2 atom stereocenters. The van der Waals surface area contributed by atoms with Crippen LogP contribution in [0, 0.1) is 5.92 Å². The molecule has 0 saturated carbocycles. The van der Waals surface area contributed by atoms with Gasteiger partial charge in [0.15, 0.2) is 0 Å². The summed E-state index contributed by atoms with van der Waals surface area (Å²) in [6.45, 7) is 4.25. The highest BCUT2D eigenvalue weighted by molar-refractivity contribution is 4.54. The summed E-state index contributed by atoms with van der Waals surface area (Å²) < 4.78 is 0. The third-order valence-corrected chi connectivity index (χ3v) is 1.43. The fourth-order valence-electron chi connectivity index (χ4n) is 1.02. The Kier molecular flexibility index (Phi) is 4.72. The van der Waals surface area contributed by atoms with Gasteiger partial charge in [-0.25, -0.2) is 0 Å². The van der Waals surface area contributed by atoms with Crippen LogP contribution >= 0.6 is 0 Å². The lowest BCUT2D eigenvalue weighted by atomic mass is 10.0. The number of aliphatic hydroxyl groups is 1. The quantitative estimate of drug-likeness (QED) is 0.561. The van der Waals surface area contributed by atoms with Gasteiger partial charge in [-0.15, -0.1) is 0 Å². The van der Waals surface area contributed by atoms with E-state index in [2.05, 4.69) is 13.8 Å². The second-order valence-electron chi connectivity index (χ2n) is 2.70. The Morgan fingerprint density at radius 1 is 1.56 bits per heavy atom. The lowest BCUT2D eigenvalue weighted by Gasteiger charge is -2.10. The zero-order valence-electron chi connectivity index (χ0n) is 6.30. The maximum Gasteiger partial charge on any atom is 0.102 e. The van der Waals surface area contributed by atoms with Crippen molar-refractivity contribution in [3.63, 3.8) is 0 Å². The molecule has 3 N–H and O–H groups in total. The van der Waals surface area contributed by atoms with Gasteiger partial charge in [-0.1, -0.05) is 26.7 Å². The molecule has 0 spiro atoms. The fourth-order valence-corrected chi connectivity index (χ4v) is 1.02. The normalized spacial score (nSPS) is 17.3. The monoisotopic (exact) mass is 131 g/mol. The zero-order valence-corrected chi connectivity index (χ0v) is 6.30. The van der Waals surface area contributed by atoms with Crippen LogP contribution in [0.5, 0.6) is 0 Å². The summed E-state index contributed by atoms with van der Waals surface area (Å²) in [6.07, 6.45) is 2.45. The van der Waals surface area contributed by atoms with Gasteiger partial charge in [-0.2, -0.15) is 0 Å². The molecule has 0 heterocycles. The molecule has 0 rings (SSSR count). The molecule has 0 aromatic carbocycles. The van der Waals surface area contributed by atoms with Crippen LogP contribution in [0.2, 0.25) is 0 Å². The van der Waals surface area contributed by atoms with Crippen molar-refractivity contribution in [1.29, 1.82) is 0 Å². The van der Waals surface area contributed by atoms with E-state index in [1.165, 1.54) is 6.42 Å². The van der Waals surface area contributed by atoms with Gasteiger partial charge in [-0.3, -0.25) is 0 Å². The molecule has 56 valence electrons. The van der Waals surface area contributed by atoms with Crippen LogP contribution in [0.3, 0.4) is 0 Å². The second kappa shape index (κ2) is 4.77. The number of rotatable bonds is 4. The van der Waals surface area contributed by atoms with Crippen molar-refractivity contribution < 1.29 is 5.11 Å². The van der Waals surface area contributed by atoms with E-state index in [0.717, 1.165) is 12.8 Å². The Hall–Kier alpha value is -0.0800. The molecule has 2 nitrogen and oxygen atoms in total. The Morgan fingerprint density at radius 2 is 2.11 bits per heavy atom. The molecule has 0 aliphatic rings. The second-order valence-corrected chi connectivity index (χ2v) is 2.70. The molecule has 0 amide bonds. The zero-order chi connectivity index (χ0) is 7.28. The molecule has 0 fully saturated rings. The molecule has 2 heteroatoms. The first kappa shape index (κ1) is 8.92. The van der Waals surface area contributed by atoms with Gasteiger partial charge in [0, 0.05) is 0 Å². The van der Waals surface area contributed by atoms with Crippen LogP contribution < -0.4 is 5.73 Å². The molecular formula is C7H17NO. The molecular weight excluding hydrogens is 114 g/mol. The Labute approximate surface area is 57.1 Å². The van der Waals surface area contributed by atoms with Gasteiger partial charge in [0.05, 0.1) is 0 Å². The Bertz CT molecular complexity index is 63.9. The predicted octanol–water partition coefficient (Wildman–Crippen LogP) is 1.09. The number of nitrogens with two attached hydrogens (primary N) is 1. The van der Waals surface area contributed by atoms with Crippen LogP contribution in [0.25, 0.3) is 0 Å². The first-order valence-corrected chi connectivity index (χ1v) is 3.60. The smallest absolute Gasteiger partial charge is 0.102 e. The summed E-state index contributed by atoms with van der Waals surface area (Å²) in [4.78, 5) is 0. The van der Waals surface area contributed by atoms with Crippen molar-refractivity contribution in [2.24, 2.45) is 11.7 Å². The fraction of sp³-hybridized carbons (Fsp3) is 1.00. The van der Waals surface area contributed by atoms with Crippen molar-refractivity contribution in [2.75, 3.05) is 0 Å². The average Bonchev–Trinajstić information content (AvgIpc) is 1.63. The van der Waals surface area contributed by atoms with Gasteiger partial charge in [0.25, 0.3) is 0 Å². The summed E-state index contributed by atoms with van der Waals surface area (Å²) >= 11 is 0. The first-order chi connectivity index (χ1) is 4.16. The number of aliphatic hydroxyl groups excluding tert-OH is 1. The minimum atomic E-state index is -0.619. The van der Waals surface area contributed by atoms with E-state index < -0.39 is 6.23 Å². The van der Waals surface area contributed by atoms with E-state index in [0.29, 0.717) is 5.92 Å². The number of hydrogen-bond donors (Lipinski definition) is 2. The van der Waals surface area contributed by atoms with E-state index >= 15 is 0 Å². The highest BCUT2D eigenvalue weighted by Crippen LogP contribution is 2.09. The molecule has 0 aliphatic carbocycles.